The zero-order valence-corrected chi connectivity index (χ0v) is 10.2. The van der Waals surface area contributed by atoms with Gasteiger partial charge >= 0.3 is 0 Å². The third kappa shape index (κ3) is 1.64. The Bertz CT molecular complexity index is 582. The molecule has 3 rings (SSSR count). The van der Waals surface area contributed by atoms with E-state index in [0.717, 1.165) is 22.5 Å². The first kappa shape index (κ1) is 10.8. The van der Waals surface area contributed by atoms with E-state index in [2.05, 4.69) is 17.5 Å². The molecule has 0 saturated carbocycles. The van der Waals surface area contributed by atoms with Crippen LogP contribution in [0, 0.1) is 0 Å². The highest BCUT2D eigenvalue weighted by Crippen LogP contribution is 2.30. The second kappa shape index (κ2) is 4.18. The van der Waals surface area contributed by atoms with Crippen LogP contribution >= 0.6 is 0 Å². The SMILES string of the molecule is CN1C(=O)CNC(=C2C=CC=C2)c2ccccc21. The standard InChI is InChI=1S/C15H14N2O/c1-17-13-9-5-4-8-12(13)15(16-10-14(17)18)11-6-2-3-7-11/h2-9,16H,10H2,1H3. The predicted molar refractivity (Wildman–Crippen MR) is 73.1 cm³/mol. The Morgan fingerprint density at radius 1 is 1.17 bits per heavy atom. The second-order valence-corrected chi connectivity index (χ2v) is 4.37. The van der Waals surface area contributed by atoms with Crippen LogP contribution in [0.3, 0.4) is 0 Å². The van der Waals surface area contributed by atoms with E-state index in [-0.39, 0.29) is 5.91 Å². The maximum Gasteiger partial charge on any atom is 0.246 e. The van der Waals surface area contributed by atoms with Crippen LogP contribution in [0.25, 0.3) is 5.70 Å². The molecule has 1 N–H and O–H groups in total. The van der Waals surface area contributed by atoms with E-state index >= 15 is 0 Å². The van der Waals surface area contributed by atoms with Crippen molar-refractivity contribution in [3.63, 3.8) is 0 Å². The number of hydrogen-bond donors (Lipinski definition) is 1. The van der Waals surface area contributed by atoms with Gasteiger partial charge in [0.2, 0.25) is 5.91 Å². The van der Waals surface area contributed by atoms with Crippen LogP contribution < -0.4 is 10.2 Å². The summed E-state index contributed by atoms with van der Waals surface area (Å²) in [5.74, 6) is 0.0732. The summed E-state index contributed by atoms with van der Waals surface area (Å²) in [6.07, 6.45) is 8.11. The molecule has 0 saturated heterocycles. The molecule has 2 aliphatic rings. The lowest BCUT2D eigenvalue weighted by molar-refractivity contribution is -0.117. The van der Waals surface area contributed by atoms with E-state index in [9.17, 15) is 4.79 Å². The maximum atomic E-state index is 11.9. The van der Waals surface area contributed by atoms with E-state index < -0.39 is 0 Å². The minimum atomic E-state index is 0.0732. The molecule has 3 nitrogen and oxygen atoms in total. The normalized spacial score (nSPS) is 17.8. The van der Waals surface area contributed by atoms with Crippen molar-refractivity contribution in [2.24, 2.45) is 0 Å². The van der Waals surface area contributed by atoms with Crippen molar-refractivity contribution in [2.75, 3.05) is 18.5 Å². The summed E-state index contributed by atoms with van der Waals surface area (Å²) in [6, 6.07) is 7.96. The number of likely N-dealkylation sites (N-methyl/N-ethyl adjacent to an activating group) is 1. The Hall–Kier alpha value is -2.29. The molecular formula is C15H14N2O. The quantitative estimate of drug-likeness (QED) is 0.750. The highest BCUT2D eigenvalue weighted by atomic mass is 16.2. The van der Waals surface area contributed by atoms with Crippen molar-refractivity contribution in [1.29, 1.82) is 0 Å². The van der Waals surface area contributed by atoms with Crippen molar-refractivity contribution >= 4 is 17.3 Å². The Labute approximate surface area is 106 Å². The Morgan fingerprint density at radius 3 is 2.67 bits per heavy atom. The zero-order valence-electron chi connectivity index (χ0n) is 10.2. The molecule has 0 fully saturated rings. The highest BCUT2D eigenvalue weighted by Gasteiger charge is 2.22. The zero-order chi connectivity index (χ0) is 12.5. The number of allylic oxidation sites excluding steroid dienone is 5. The largest absolute Gasteiger partial charge is 0.375 e. The molecular weight excluding hydrogens is 224 g/mol. The van der Waals surface area contributed by atoms with Crippen molar-refractivity contribution in [3.05, 3.63) is 59.7 Å². The lowest BCUT2D eigenvalue weighted by Gasteiger charge is -2.16. The predicted octanol–water partition coefficient (Wildman–Crippen LogP) is 2.09. The average Bonchev–Trinajstić information content (AvgIpc) is 2.88. The van der Waals surface area contributed by atoms with Crippen molar-refractivity contribution in [3.8, 4) is 0 Å². The monoisotopic (exact) mass is 238 g/mol. The fraction of sp³-hybridized carbons (Fsp3) is 0.133. The van der Waals surface area contributed by atoms with Gasteiger partial charge in [-0.05, 0) is 11.6 Å². The second-order valence-electron chi connectivity index (χ2n) is 4.37. The average molecular weight is 238 g/mol. The number of nitrogens with zero attached hydrogens (tertiary/aromatic N) is 1. The van der Waals surface area contributed by atoms with Crippen molar-refractivity contribution < 1.29 is 4.79 Å². The van der Waals surface area contributed by atoms with Gasteiger partial charge in [-0.2, -0.15) is 0 Å². The van der Waals surface area contributed by atoms with Crippen LogP contribution in [0.4, 0.5) is 5.69 Å². The molecule has 90 valence electrons. The summed E-state index contributed by atoms with van der Waals surface area (Å²) in [7, 11) is 1.82. The fourth-order valence-corrected chi connectivity index (χ4v) is 2.29. The Kier molecular flexibility index (Phi) is 2.52. The number of carbonyl (C=O) groups excluding carboxylic acids is 1. The smallest absolute Gasteiger partial charge is 0.246 e. The number of rotatable bonds is 0. The first-order valence-corrected chi connectivity index (χ1v) is 5.96. The fourth-order valence-electron chi connectivity index (χ4n) is 2.29. The number of anilines is 1. The van der Waals surface area contributed by atoms with Crippen LogP contribution in [-0.4, -0.2) is 19.5 Å². The number of hydrogen-bond acceptors (Lipinski definition) is 2. The van der Waals surface area contributed by atoms with E-state index in [1.807, 2.05) is 43.5 Å². The summed E-state index contributed by atoms with van der Waals surface area (Å²) in [4.78, 5) is 13.6. The van der Waals surface area contributed by atoms with Gasteiger partial charge in [-0.15, -0.1) is 0 Å². The minimum absolute atomic E-state index is 0.0732. The molecule has 1 amide bonds. The topological polar surface area (TPSA) is 32.3 Å². The van der Waals surface area contributed by atoms with Gasteiger partial charge in [-0.3, -0.25) is 4.79 Å². The molecule has 0 aromatic heterocycles. The number of fused-ring (bicyclic) bond motifs is 1. The van der Waals surface area contributed by atoms with Gasteiger partial charge in [-0.1, -0.05) is 42.5 Å². The first-order valence-electron chi connectivity index (χ1n) is 5.96. The molecule has 0 bridgehead atoms. The van der Waals surface area contributed by atoms with E-state index in [1.165, 1.54) is 0 Å². The summed E-state index contributed by atoms with van der Waals surface area (Å²) in [5.41, 5.74) is 4.15. The maximum absolute atomic E-state index is 11.9. The highest BCUT2D eigenvalue weighted by molar-refractivity contribution is 6.00. The molecule has 1 aliphatic heterocycles. The van der Waals surface area contributed by atoms with E-state index in [1.54, 1.807) is 4.90 Å². The van der Waals surface area contributed by atoms with Gasteiger partial charge in [0.15, 0.2) is 0 Å². The Morgan fingerprint density at radius 2 is 1.89 bits per heavy atom. The summed E-state index contributed by atoms with van der Waals surface area (Å²) < 4.78 is 0. The Balaban J connectivity index is 2.22. The third-order valence-corrected chi connectivity index (χ3v) is 3.28. The van der Waals surface area contributed by atoms with Crippen LogP contribution in [0.1, 0.15) is 5.56 Å². The first-order chi connectivity index (χ1) is 8.77. The third-order valence-electron chi connectivity index (χ3n) is 3.28. The molecule has 3 heteroatoms. The van der Waals surface area contributed by atoms with Crippen LogP contribution in [0.2, 0.25) is 0 Å². The van der Waals surface area contributed by atoms with E-state index in [4.69, 9.17) is 0 Å². The molecule has 0 unspecified atom stereocenters. The minimum Gasteiger partial charge on any atom is -0.375 e. The number of amides is 1. The van der Waals surface area contributed by atoms with Gasteiger partial charge in [-0.25, -0.2) is 0 Å². The molecule has 1 aliphatic carbocycles. The number of carbonyl (C=O) groups is 1. The van der Waals surface area contributed by atoms with Gasteiger partial charge in [0.1, 0.15) is 0 Å². The van der Waals surface area contributed by atoms with E-state index in [0.29, 0.717) is 6.54 Å². The van der Waals surface area contributed by atoms with Crippen molar-refractivity contribution in [1.82, 2.24) is 5.32 Å². The van der Waals surface area contributed by atoms with Gasteiger partial charge in [0.05, 0.1) is 17.9 Å². The van der Waals surface area contributed by atoms with Gasteiger partial charge in [0, 0.05) is 12.6 Å². The number of benzene rings is 1. The molecule has 18 heavy (non-hydrogen) atoms. The molecule has 1 heterocycles. The van der Waals surface area contributed by atoms with Gasteiger partial charge in [0.25, 0.3) is 0 Å². The van der Waals surface area contributed by atoms with Crippen LogP contribution in [0.15, 0.2) is 54.1 Å². The lowest BCUT2D eigenvalue weighted by Crippen LogP contribution is -2.31. The summed E-state index contributed by atoms with van der Waals surface area (Å²) in [6.45, 7) is 0.325. The number of para-hydroxylation sites is 1. The summed E-state index contributed by atoms with van der Waals surface area (Å²) in [5, 5.41) is 3.25. The number of nitrogens with one attached hydrogen (secondary N) is 1. The molecule has 1 aromatic rings. The molecule has 0 spiro atoms. The molecule has 0 radical (unpaired) electrons. The summed E-state index contributed by atoms with van der Waals surface area (Å²) >= 11 is 0. The van der Waals surface area contributed by atoms with Crippen LogP contribution in [-0.2, 0) is 4.79 Å². The van der Waals surface area contributed by atoms with Crippen LogP contribution in [0.5, 0.6) is 0 Å². The van der Waals surface area contributed by atoms with Crippen molar-refractivity contribution in [2.45, 2.75) is 0 Å². The lowest BCUT2D eigenvalue weighted by atomic mass is 10.0. The van der Waals surface area contributed by atoms with Gasteiger partial charge < -0.3 is 10.2 Å². The molecule has 0 atom stereocenters. The molecule has 1 aromatic carbocycles.